The monoisotopic (exact) mass is 483 g/mol. The molecular weight excluding hydrogens is 462 g/mol. The third kappa shape index (κ3) is 4.96. The number of hydrogen-bond donors (Lipinski definition) is 0. The number of carbonyl (C=O) groups excluding carboxylic acids is 2. The Bertz CT molecular complexity index is 1330. The molecule has 0 saturated carbocycles. The van der Waals surface area contributed by atoms with Crippen LogP contribution in [0.5, 0.6) is 5.75 Å². The van der Waals surface area contributed by atoms with Crippen LogP contribution in [0.15, 0.2) is 47.0 Å². The second kappa shape index (κ2) is 9.80. The highest BCUT2D eigenvalue weighted by Crippen LogP contribution is 2.31. The number of aromatic nitrogens is 3. The molecule has 2 heterocycles. The van der Waals surface area contributed by atoms with Crippen molar-refractivity contribution in [1.82, 2.24) is 14.7 Å². The van der Waals surface area contributed by atoms with Gasteiger partial charge >= 0.3 is 0 Å². The number of thioether (sulfide) groups is 1. The van der Waals surface area contributed by atoms with Gasteiger partial charge in [0.25, 0.3) is 5.91 Å². The summed E-state index contributed by atoms with van der Waals surface area (Å²) in [6, 6.07) is 12.4. The molecule has 2 aromatic carbocycles. The van der Waals surface area contributed by atoms with Crippen LogP contribution in [-0.4, -0.2) is 38.6 Å². The Morgan fingerprint density at radius 2 is 1.94 bits per heavy atom. The molecule has 2 aromatic heterocycles. The van der Waals surface area contributed by atoms with Crippen molar-refractivity contribution in [2.45, 2.75) is 26.7 Å². The number of carbonyl (C=O) groups is 2. The maximum absolute atomic E-state index is 13.4. The van der Waals surface area contributed by atoms with E-state index in [1.165, 1.54) is 18.7 Å². The number of methoxy groups -OCH3 is 1. The zero-order valence-electron chi connectivity index (χ0n) is 18.4. The molecular formula is C24H22ClN3O4S. The molecule has 33 heavy (non-hydrogen) atoms. The summed E-state index contributed by atoms with van der Waals surface area (Å²) in [5.41, 5.74) is 2.98. The Kier molecular flexibility index (Phi) is 6.85. The van der Waals surface area contributed by atoms with Gasteiger partial charge in [-0.3, -0.25) is 14.2 Å². The van der Waals surface area contributed by atoms with Gasteiger partial charge in [-0.2, -0.15) is 4.98 Å². The summed E-state index contributed by atoms with van der Waals surface area (Å²) in [5, 5.41) is 5.53. The van der Waals surface area contributed by atoms with E-state index in [2.05, 4.69) is 10.1 Å². The maximum atomic E-state index is 13.4. The van der Waals surface area contributed by atoms with Crippen LogP contribution in [0.25, 0.3) is 10.9 Å². The number of halogens is 1. The van der Waals surface area contributed by atoms with E-state index in [0.717, 1.165) is 22.2 Å². The lowest BCUT2D eigenvalue weighted by Gasteiger charge is -2.08. The Labute approximate surface area is 200 Å². The van der Waals surface area contributed by atoms with E-state index < -0.39 is 0 Å². The van der Waals surface area contributed by atoms with Crippen molar-refractivity contribution < 1.29 is 18.8 Å². The molecule has 170 valence electrons. The molecule has 0 aliphatic carbocycles. The molecule has 9 heteroatoms. The van der Waals surface area contributed by atoms with Gasteiger partial charge in [-0.15, -0.1) is 0 Å². The fourth-order valence-corrected chi connectivity index (χ4v) is 4.39. The second-order valence-electron chi connectivity index (χ2n) is 7.47. The molecule has 0 saturated heterocycles. The first-order valence-electron chi connectivity index (χ1n) is 10.3. The first kappa shape index (κ1) is 23.1. The minimum Gasteiger partial charge on any atom is -0.497 e. The van der Waals surface area contributed by atoms with Crippen molar-refractivity contribution in [2.24, 2.45) is 0 Å². The Hall–Kier alpha value is -3.10. The van der Waals surface area contributed by atoms with Gasteiger partial charge < -0.3 is 9.26 Å². The van der Waals surface area contributed by atoms with Crippen LogP contribution < -0.4 is 4.74 Å². The fourth-order valence-electron chi connectivity index (χ4n) is 3.70. The van der Waals surface area contributed by atoms with Crippen LogP contribution in [0.2, 0.25) is 5.02 Å². The van der Waals surface area contributed by atoms with Crippen molar-refractivity contribution in [3.63, 3.8) is 0 Å². The molecule has 0 aliphatic rings. The van der Waals surface area contributed by atoms with Crippen LogP contribution in [0.1, 0.15) is 40.3 Å². The number of ether oxygens (including phenoxy) is 1. The molecule has 0 N–H and O–H groups in total. The Balaban J connectivity index is 1.71. The molecule has 0 radical (unpaired) electrons. The molecule has 0 unspecified atom stereocenters. The van der Waals surface area contributed by atoms with Gasteiger partial charge in [0.1, 0.15) is 5.75 Å². The molecule has 0 fully saturated rings. The van der Waals surface area contributed by atoms with E-state index in [0.29, 0.717) is 46.6 Å². The molecule has 7 nitrogen and oxygen atoms in total. The lowest BCUT2D eigenvalue weighted by Crippen LogP contribution is -2.13. The third-order valence-corrected chi connectivity index (χ3v) is 6.37. The molecule has 0 bridgehead atoms. The molecule has 0 amide bonds. The van der Waals surface area contributed by atoms with Gasteiger partial charge in [0, 0.05) is 40.8 Å². The zero-order valence-corrected chi connectivity index (χ0v) is 20.0. The smallest absolute Gasteiger partial charge is 0.262 e. The predicted octanol–water partition coefficient (Wildman–Crippen LogP) is 5.10. The van der Waals surface area contributed by atoms with Crippen molar-refractivity contribution in [2.75, 3.05) is 12.9 Å². The number of nitrogens with zero attached hydrogens (tertiary/aromatic N) is 3. The van der Waals surface area contributed by atoms with Gasteiger partial charge in [0.2, 0.25) is 5.89 Å². The van der Waals surface area contributed by atoms with Crippen molar-refractivity contribution >= 4 is 45.3 Å². The van der Waals surface area contributed by atoms with Gasteiger partial charge in [-0.1, -0.05) is 28.5 Å². The van der Waals surface area contributed by atoms with E-state index in [4.69, 9.17) is 20.9 Å². The molecule has 0 spiro atoms. The number of fused-ring (bicyclic) bond motifs is 1. The van der Waals surface area contributed by atoms with Gasteiger partial charge in [0.15, 0.2) is 10.9 Å². The Morgan fingerprint density at radius 1 is 1.18 bits per heavy atom. The first-order valence-corrected chi connectivity index (χ1v) is 11.7. The third-order valence-electron chi connectivity index (χ3n) is 5.31. The van der Waals surface area contributed by atoms with E-state index in [-0.39, 0.29) is 11.0 Å². The summed E-state index contributed by atoms with van der Waals surface area (Å²) >= 11 is 7.22. The normalized spacial score (nSPS) is 11.2. The molecule has 0 atom stereocenters. The average molecular weight is 484 g/mol. The quantitative estimate of drug-likeness (QED) is 0.361. The van der Waals surface area contributed by atoms with Gasteiger partial charge in [0.05, 0.1) is 19.0 Å². The standard InChI is InChI=1S/C24H22ClN3O4S/c1-14-19(13-23-26-22(27-32-23)10-11-33-15(2)29)20-12-18(31-3)8-9-21(20)28(14)24(30)16-4-6-17(25)7-5-16/h4-9,12H,10-11,13H2,1-3H3. The van der Waals surface area contributed by atoms with Crippen molar-refractivity contribution in [3.05, 3.63) is 76.0 Å². The van der Waals surface area contributed by atoms with E-state index in [1.54, 1.807) is 35.9 Å². The van der Waals surface area contributed by atoms with Gasteiger partial charge in [-0.25, -0.2) is 0 Å². The Morgan fingerprint density at radius 3 is 2.64 bits per heavy atom. The summed E-state index contributed by atoms with van der Waals surface area (Å²) in [6.45, 7) is 3.43. The van der Waals surface area contributed by atoms with Crippen LogP contribution >= 0.6 is 23.4 Å². The number of hydrogen-bond acceptors (Lipinski definition) is 7. The van der Waals surface area contributed by atoms with Crippen LogP contribution in [0, 0.1) is 6.92 Å². The lowest BCUT2D eigenvalue weighted by molar-refractivity contribution is -0.109. The SMILES string of the molecule is COc1ccc2c(c1)c(Cc1nc(CCSC(C)=O)no1)c(C)n2C(=O)c1ccc(Cl)cc1. The highest BCUT2D eigenvalue weighted by Gasteiger charge is 2.22. The summed E-state index contributed by atoms with van der Waals surface area (Å²) in [6.07, 6.45) is 0.903. The summed E-state index contributed by atoms with van der Waals surface area (Å²) in [5.74, 6) is 2.13. The number of rotatable bonds is 7. The highest BCUT2D eigenvalue weighted by molar-refractivity contribution is 8.13. The average Bonchev–Trinajstić information content (AvgIpc) is 3.35. The summed E-state index contributed by atoms with van der Waals surface area (Å²) < 4.78 is 12.6. The predicted molar refractivity (Wildman–Crippen MR) is 128 cm³/mol. The fraction of sp³-hybridized carbons (Fsp3) is 0.250. The number of aryl methyl sites for hydroxylation is 1. The number of benzene rings is 2. The maximum Gasteiger partial charge on any atom is 0.262 e. The largest absolute Gasteiger partial charge is 0.497 e. The van der Waals surface area contributed by atoms with Crippen molar-refractivity contribution in [1.29, 1.82) is 0 Å². The minimum atomic E-state index is -0.155. The zero-order chi connectivity index (χ0) is 23.5. The summed E-state index contributed by atoms with van der Waals surface area (Å²) in [7, 11) is 1.60. The van der Waals surface area contributed by atoms with E-state index in [9.17, 15) is 9.59 Å². The second-order valence-corrected chi connectivity index (χ2v) is 9.17. The van der Waals surface area contributed by atoms with E-state index >= 15 is 0 Å². The van der Waals surface area contributed by atoms with Gasteiger partial charge in [-0.05, 0) is 55.0 Å². The minimum absolute atomic E-state index is 0.0569. The van der Waals surface area contributed by atoms with E-state index in [1.807, 2.05) is 25.1 Å². The highest BCUT2D eigenvalue weighted by atomic mass is 35.5. The van der Waals surface area contributed by atoms with Crippen LogP contribution in [0.4, 0.5) is 0 Å². The van der Waals surface area contributed by atoms with Crippen molar-refractivity contribution in [3.8, 4) is 5.75 Å². The molecule has 0 aliphatic heterocycles. The molecule has 4 rings (SSSR count). The van der Waals surface area contributed by atoms with Crippen LogP contribution in [0.3, 0.4) is 0 Å². The summed E-state index contributed by atoms with van der Waals surface area (Å²) in [4.78, 5) is 29.0. The topological polar surface area (TPSA) is 87.2 Å². The lowest BCUT2D eigenvalue weighted by atomic mass is 10.1. The van der Waals surface area contributed by atoms with Crippen LogP contribution in [-0.2, 0) is 17.6 Å². The molecule has 4 aromatic rings. The first-order chi connectivity index (χ1) is 15.9.